The number of aromatic nitrogens is 1. The normalized spacial score (nSPS) is 10.9. The summed E-state index contributed by atoms with van der Waals surface area (Å²) < 4.78 is 18.0. The van der Waals surface area contributed by atoms with Crippen LogP contribution in [0.15, 0.2) is 18.5 Å². The van der Waals surface area contributed by atoms with Crippen LogP contribution in [0.4, 0.5) is 14.9 Å². The van der Waals surface area contributed by atoms with Gasteiger partial charge >= 0.3 is 6.09 Å². The van der Waals surface area contributed by atoms with Crippen molar-refractivity contribution in [1.29, 1.82) is 0 Å². The number of amides is 1. The molecule has 4 nitrogen and oxygen atoms in total. The standard InChI is InChI=1S/C10H13FN2O2/c1-10(2,3)15-9(14)13-8-4-5-12-6-7(8)11/h4-6H,1-3H3,(H,12,13,14). The number of pyridine rings is 1. The van der Waals surface area contributed by atoms with Crippen molar-refractivity contribution in [3.05, 3.63) is 24.3 Å². The van der Waals surface area contributed by atoms with Crippen molar-refractivity contribution in [1.82, 2.24) is 4.98 Å². The van der Waals surface area contributed by atoms with Crippen molar-refractivity contribution in [2.24, 2.45) is 0 Å². The van der Waals surface area contributed by atoms with E-state index in [4.69, 9.17) is 4.74 Å². The Labute approximate surface area is 87.5 Å². The van der Waals surface area contributed by atoms with E-state index in [1.807, 2.05) is 0 Å². The molecule has 1 heterocycles. The van der Waals surface area contributed by atoms with E-state index >= 15 is 0 Å². The number of carbonyl (C=O) groups is 1. The summed E-state index contributed by atoms with van der Waals surface area (Å²) in [5.41, 5.74) is -0.549. The second kappa shape index (κ2) is 4.25. The lowest BCUT2D eigenvalue weighted by Crippen LogP contribution is -2.27. The molecular weight excluding hydrogens is 199 g/mol. The third-order valence-electron chi connectivity index (χ3n) is 1.41. The molecule has 82 valence electrons. The van der Waals surface area contributed by atoms with Crippen molar-refractivity contribution in [2.75, 3.05) is 5.32 Å². The molecule has 0 unspecified atom stereocenters. The number of hydrogen-bond acceptors (Lipinski definition) is 3. The summed E-state index contributed by atoms with van der Waals surface area (Å²) in [6.07, 6.45) is 1.72. The highest BCUT2D eigenvalue weighted by atomic mass is 19.1. The minimum Gasteiger partial charge on any atom is -0.444 e. The molecule has 0 spiro atoms. The molecule has 0 radical (unpaired) electrons. The second-order valence-electron chi connectivity index (χ2n) is 3.98. The van der Waals surface area contributed by atoms with E-state index in [9.17, 15) is 9.18 Å². The summed E-state index contributed by atoms with van der Waals surface area (Å²) in [5, 5.41) is 2.29. The van der Waals surface area contributed by atoms with Gasteiger partial charge in [-0.25, -0.2) is 9.18 Å². The van der Waals surface area contributed by atoms with Crippen molar-refractivity contribution < 1.29 is 13.9 Å². The maximum absolute atomic E-state index is 13.1. The lowest BCUT2D eigenvalue weighted by Gasteiger charge is -2.19. The Morgan fingerprint density at radius 2 is 2.20 bits per heavy atom. The average molecular weight is 212 g/mol. The third-order valence-corrected chi connectivity index (χ3v) is 1.41. The van der Waals surface area contributed by atoms with E-state index in [0.29, 0.717) is 0 Å². The largest absolute Gasteiger partial charge is 0.444 e. The number of nitrogens with one attached hydrogen (secondary N) is 1. The molecular formula is C10H13FN2O2. The summed E-state index contributed by atoms with van der Waals surface area (Å²) in [6.45, 7) is 5.19. The number of nitrogens with zero attached hydrogens (tertiary/aromatic N) is 1. The first kappa shape index (κ1) is 11.4. The summed E-state index contributed by atoms with van der Waals surface area (Å²) in [7, 11) is 0. The minimum atomic E-state index is -0.687. The van der Waals surface area contributed by atoms with Gasteiger partial charge in [0, 0.05) is 6.20 Å². The van der Waals surface area contributed by atoms with Gasteiger partial charge in [-0.3, -0.25) is 10.3 Å². The molecule has 1 rings (SSSR count). The van der Waals surface area contributed by atoms with E-state index < -0.39 is 17.5 Å². The highest BCUT2D eigenvalue weighted by Crippen LogP contribution is 2.13. The van der Waals surface area contributed by atoms with Crippen molar-refractivity contribution in [2.45, 2.75) is 26.4 Å². The van der Waals surface area contributed by atoms with Gasteiger partial charge in [0.25, 0.3) is 0 Å². The molecule has 0 fully saturated rings. The predicted octanol–water partition coefficient (Wildman–Crippen LogP) is 2.57. The van der Waals surface area contributed by atoms with Crippen molar-refractivity contribution in [3.63, 3.8) is 0 Å². The van der Waals surface area contributed by atoms with Crippen LogP contribution in [-0.2, 0) is 4.74 Å². The lowest BCUT2D eigenvalue weighted by atomic mass is 10.2. The predicted molar refractivity (Wildman–Crippen MR) is 54.1 cm³/mol. The fraction of sp³-hybridized carbons (Fsp3) is 0.400. The minimum absolute atomic E-state index is 0.0549. The highest BCUT2D eigenvalue weighted by molar-refractivity contribution is 5.84. The first-order valence-corrected chi connectivity index (χ1v) is 4.48. The van der Waals surface area contributed by atoms with E-state index in [-0.39, 0.29) is 5.69 Å². The molecule has 1 aromatic heterocycles. The molecule has 0 aliphatic rings. The topological polar surface area (TPSA) is 51.2 Å². The Bertz CT molecular complexity index is 361. The molecule has 0 atom stereocenters. The molecule has 0 aliphatic carbocycles. The van der Waals surface area contributed by atoms with Gasteiger partial charge < -0.3 is 4.74 Å². The summed E-state index contributed by atoms with van der Waals surface area (Å²) >= 11 is 0. The smallest absolute Gasteiger partial charge is 0.412 e. The van der Waals surface area contributed by atoms with Crippen LogP contribution in [0.25, 0.3) is 0 Å². The van der Waals surface area contributed by atoms with Gasteiger partial charge in [-0.15, -0.1) is 0 Å². The zero-order chi connectivity index (χ0) is 11.5. The van der Waals surface area contributed by atoms with E-state index in [1.165, 1.54) is 12.3 Å². The zero-order valence-electron chi connectivity index (χ0n) is 8.87. The number of rotatable bonds is 1. The Morgan fingerprint density at radius 3 is 2.73 bits per heavy atom. The molecule has 1 aromatic rings. The highest BCUT2D eigenvalue weighted by Gasteiger charge is 2.17. The van der Waals surface area contributed by atoms with Crippen LogP contribution in [0.2, 0.25) is 0 Å². The van der Waals surface area contributed by atoms with Crippen molar-refractivity contribution >= 4 is 11.8 Å². The molecule has 0 aromatic carbocycles. The molecule has 1 amide bonds. The molecule has 0 bridgehead atoms. The van der Waals surface area contributed by atoms with Crippen LogP contribution in [-0.4, -0.2) is 16.7 Å². The Balaban J connectivity index is 2.64. The van der Waals surface area contributed by atoms with Gasteiger partial charge in [-0.2, -0.15) is 0 Å². The van der Waals surface area contributed by atoms with Gasteiger partial charge in [-0.05, 0) is 26.8 Å². The van der Waals surface area contributed by atoms with E-state index in [2.05, 4.69) is 10.3 Å². The Morgan fingerprint density at radius 1 is 1.53 bits per heavy atom. The molecule has 0 saturated carbocycles. The van der Waals surface area contributed by atoms with Crippen LogP contribution < -0.4 is 5.32 Å². The molecule has 5 heteroatoms. The average Bonchev–Trinajstić information content (AvgIpc) is 2.05. The fourth-order valence-electron chi connectivity index (χ4n) is 0.890. The van der Waals surface area contributed by atoms with Crippen LogP contribution in [0.3, 0.4) is 0 Å². The molecule has 1 N–H and O–H groups in total. The summed E-state index contributed by atoms with van der Waals surface area (Å²) in [4.78, 5) is 14.8. The van der Waals surface area contributed by atoms with Crippen LogP contribution in [0.1, 0.15) is 20.8 Å². The molecule has 0 aliphatic heterocycles. The Hall–Kier alpha value is -1.65. The molecule has 0 saturated heterocycles. The van der Waals surface area contributed by atoms with Crippen molar-refractivity contribution in [3.8, 4) is 0 Å². The zero-order valence-corrected chi connectivity index (χ0v) is 8.87. The van der Waals surface area contributed by atoms with Crippen LogP contribution >= 0.6 is 0 Å². The van der Waals surface area contributed by atoms with Crippen LogP contribution in [0, 0.1) is 5.82 Å². The van der Waals surface area contributed by atoms with Gasteiger partial charge in [0.05, 0.1) is 11.9 Å². The maximum Gasteiger partial charge on any atom is 0.412 e. The summed E-state index contributed by atoms with van der Waals surface area (Å²) in [6, 6.07) is 1.36. The van der Waals surface area contributed by atoms with Gasteiger partial charge in [-0.1, -0.05) is 0 Å². The first-order chi connectivity index (χ1) is 6.88. The maximum atomic E-state index is 13.1. The third kappa shape index (κ3) is 3.93. The Kier molecular flexibility index (Phi) is 3.24. The lowest BCUT2D eigenvalue weighted by molar-refractivity contribution is 0.0635. The van der Waals surface area contributed by atoms with Gasteiger partial charge in [0.15, 0.2) is 5.82 Å². The van der Waals surface area contributed by atoms with Crippen LogP contribution in [0.5, 0.6) is 0 Å². The number of hydrogen-bond donors (Lipinski definition) is 1. The first-order valence-electron chi connectivity index (χ1n) is 4.48. The van der Waals surface area contributed by atoms with Gasteiger partial charge in [0.2, 0.25) is 0 Å². The number of ether oxygens (including phenoxy) is 1. The second-order valence-corrected chi connectivity index (χ2v) is 3.98. The van der Waals surface area contributed by atoms with Gasteiger partial charge in [0.1, 0.15) is 5.60 Å². The quantitative estimate of drug-likeness (QED) is 0.778. The number of carbonyl (C=O) groups excluding carboxylic acids is 1. The fourth-order valence-corrected chi connectivity index (χ4v) is 0.890. The van der Waals surface area contributed by atoms with E-state index in [0.717, 1.165) is 6.20 Å². The SMILES string of the molecule is CC(C)(C)OC(=O)Nc1ccncc1F. The summed E-state index contributed by atoms with van der Waals surface area (Å²) in [5.74, 6) is -0.594. The monoisotopic (exact) mass is 212 g/mol. The number of anilines is 1. The molecule has 15 heavy (non-hydrogen) atoms. The van der Waals surface area contributed by atoms with E-state index in [1.54, 1.807) is 20.8 Å². The number of halogens is 1.